The molecule has 2 amide bonds. The molecule has 2 saturated heterocycles. The molecular formula is C25H32F3N7O3. The normalized spacial score (nSPS) is 16.8. The number of rotatable bonds is 7. The number of carbonyl (C=O) groups excluding carboxylic acids is 2. The molecule has 2 fully saturated rings. The highest BCUT2D eigenvalue weighted by molar-refractivity contribution is 6.07. The molecule has 0 aromatic carbocycles. The number of nitriles is 1. The number of piperidine rings is 1. The third-order valence-corrected chi connectivity index (χ3v) is 6.13. The van der Waals surface area contributed by atoms with Gasteiger partial charge in [-0.3, -0.25) is 4.79 Å². The smallest absolute Gasteiger partial charge is 0.417 e. The van der Waals surface area contributed by atoms with E-state index in [4.69, 9.17) is 10.1 Å². The second-order valence-electron chi connectivity index (χ2n) is 10.1. The van der Waals surface area contributed by atoms with Gasteiger partial charge >= 0.3 is 12.3 Å². The second kappa shape index (κ2) is 11.7. The molecule has 3 heterocycles. The molecule has 10 nitrogen and oxygen atoms in total. The molecule has 0 saturated carbocycles. The summed E-state index contributed by atoms with van der Waals surface area (Å²) in [6.07, 6.45) is -1.13. The standard InChI is InChI=1S/C25H32F3N7O3/c1-24(2,3)38-23(37)32-15-21(36)34-9-5-17(6-10-34)31-14-16(12-29)20-11-19(25(26,27)28)18(13-30)22(33-20)35-7-4-8-35/h11-12,14,17,29,31H,4-10,15H2,1-3H3,(H,32,37)/b16-14+,29-12?. The highest BCUT2D eigenvalue weighted by Crippen LogP contribution is 2.37. The first kappa shape index (κ1) is 28.7. The molecule has 1 aromatic heterocycles. The van der Waals surface area contributed by atoms with Crippen LogP contribution >= 0.6 is 0 Å². The summed E-state index contributed by atoms with van der Waals surface area (Å²) in [6.45, 7) is 6.85. The molecule has 0 spiro atoms. The van der Waals surface area contributed by atoms with Crippen molar-refractivity contribution >= 4 is 29.6 Å². The van der Waals surface area contributed by atoms with E-state index in [2.05, 4.69) is 15.6 Å². The van der Waals surface area contributed by atoms with Crippen LogP contribution in [0.5, 0.6) is 0 Å². The van der Waals surface area contributed by atoms with E-state index in [0.29, 0.717) is 39.0 Å². The minimum Gasteiger partial charge on any atom is -0.444 e. The SMILES string of the molecule is CC(C)(C)OC(=O)NCC(=O)N1CCC(N/C=C(\C=N)c2cc(C(F)(F)F)c(C#N)c(N3CCC3)n2)CC1. The molecule has 206 valence electrons. The summed E-state index contributed by atoms with van der Waals surface area (Å²) in [4.78, 5) is 31.7. The van der Waals surface area contributed by atoms with Crippen LogP contribution < -0.4 is 15.5 Å². The monoisotopic (exact) mass is 535 g/mol. The summed E-state index contributed by atoms with van der Waals surface area (Å²) < 4.78 is 46.4. The fraction of sp³-hybridized carbons (Fsp3) is 0.560. The molecule has 3 rings (SSSR count). The van der Waals surface area contributed by atoms with Crippen molar-refractivity contribution in [3.05, 3.63) is 29.1 Å². The van der Waals surface area contributed by atoms with E-state index >= 15 is 0 Å². The summed E-state index contributed by atoms with van der Waals surface area (Å²) >= 11 is 0. The van der Waals surface area contributed by atoms with Crippen LogP contribution in [-0.4, -0.2) is 72.5 Å². The first-order chi connectivity index (χ1) is 17.8. The first-order valence-corrected chi connectivity index (χ1v) is 12.3. The number of alkyl carbamates (subject to hydrolysis) is 1. The molecule has 0 radical (unpaired) electrons. The van der Waals surface area contributed by atoms with Crippen molar-refractivity contribution < 1.29 is 27.5 Å². The average molecular weight is 536 g/mol. The number of pyridine rings is 1. The van der Waals surface area contributed by atoms with Gasteiger partial charge in [-0.15, -0.1) is 0 Å². The zero-order chi connectivity index (χ0) is 28.1. The maximum atomic E-state index is 13.7. The number of hydrogen-bond acceptors (Lipinski definition) is 8. The van der Waals surface area contributed by atoms with Gasteiger partial charge in [0.1, 0.15) is 29.6 Å². The van der Waals surface area contributed by atoms with Crippen molar-refractivity contribution in [3.63, 3.8) is 0 Å². The second-order valence-corrected chi connectivity index (χ2v) is 10.1. The third kappa shape index (κ3) is 7.36. The van der Waals surface area contributed by atoms with E-state index in [9.17, 15) is 28.0 Å². The zero-order valence-corrected chi connectivity index (χ0v) is 21.6. The summed E-state index contributed by atoms with van der Waals surface area (Å²) in [6, 6.07) is 2.37. The lowest BCUT2D eigenvalue weighted by Gasteiger charge is -2.33. The lowest BCUT2D eigenvalue weighted by atomic mass is 10.0. The van der Waals surface area contributed by atoms with Gasteiger partial charge in [0.15, 0.2) is 0 Å². The Hall–Kier alpha value is -3.82. The number of halogens is 3. The number of likely N-dealkylation sites (tertiary alicyclic amines) is 1. The number of anilines is 1. The molecule has 0 atom stereocenters. The third-order valence-electron chi connectivity index (χ3n) is 6.13. The van der Waals surface area contributed by atoms with Gasteiger partial charge in [0.25, 0.3) is 0 Å². The molecule has 0 bridgehead atoms. The van der Waals surface area contributed by atoms with Crippen LogP contribution in [0.4, 0.5) is 23.8 Å². The Kier molecular flexibility index (Phi) is 8.85. The number of nitrogens with one attached hydrogen (secondary N) is 3. The Bertz CT molecular complexity index is 1130. The topological polar surface area (TPSA) is 134 Å². The Morgan fingerprint density at radius 1 is 1.24 bits per heavy atom. The summed E-state index contributed by atoms with van der Waals surface area (Å²) in [5.41, 5.74) is -2.18. The van der Waals surface area contributed by atoms with Crippen molar-refractivity contribution in [3.8, 4) is 6.07 Å². The van der Waals surface area contributed by atoms with Gasteiger partial charge in [-0.1, -0.05) is 0 Å². The fourth-order valence-corrected chi connectivity index (χ4v) is 4.04. The number of carbonyl (C=O) groups is 2. The molecule has 1 aromatic rings. The molecule has 13 heteroatoms. The number of amides is 2. The molecule has 0 unspecified atom stereocenters. The number of aromatic nitrogens is 1. The van der Waals surface area contributed by atoms with E-state index < -0.39 is 29.0 Å². The number of nitrogens with zero attached hydrogens (tertiary/aromatic N) is 4. The molecule has 2 aliphatic rings. The van der Waals surface area contributed by atoms with Gasteiger partial charge in [0.05, 0.1) is 11.3 Å². The number of ether oxygens (including phenoxy) is 1. The van der Waals surface area contributed by atoms with E-state index in [1.165, 1.54) is 6.20 Å². The van der Waals surface area contributed by atoms with Crippen molar-refractivity contribution in [2.75, 3.05) is 37.6 Å². The van der Waals surface area contributed by atoms with E-state index in [1.807, 2.05) is 0 Å². The number of allylic oxidation sites excluding steroid dienone is 1. The van der Waals surface area contributed by atoms with Crippen LogP contribution in [-0.2, 0) is 15.7 Å². The van der Waals surface area contributed by atoms with Gasteiger partial charge in [0, 0.05) is 50.2 Å². The molecule has 3 N–H and O–H groups in total. The Morgan fingerprint density at radius 3 is 2.39 bits per heavy atom. The molecule has 38 heavy (non-hydrogen) atoms. The predicted molar refractivity (Wildman–Crippen MR) is 135 cm³/mol. The van der Waals surface area contributed by atoms with Crippen LogP contribution in [0, 0.1) is 16.7 Å². The number of alkyl halides is 3. The highest BCUT2D eigenvalue weighted by Gasteiger charge is 2.37. The Balaban J connectivity index is 1.64. The fourth-order valence-electron chi connectivity index (χ4n) is 4.04. The zero-order valence-electron chi connectivity index (χ0n) is 21.6. The van der Waals surface area contributed by atoms with Crippen molar-refractivity contribution in [2.45, 2.75) is 57.9 Å². The van der Waals surface area contributed by atoms with Gasteiger partial charge in [-0.05, 0) is 46.1 Å². The molecule has 0 aliphatic carbocycles. The minimum absolute atomic E-state index is 0.0249. The van der Waals surface area contributed by atoms with Crippen molar-refractivity contribution in [1.82, 2.24) is 20.5 Å². The van der Waals surface area contributed by atoms with Gasteiger partial charge in [0.2, 0.25) is 5.91 Å². The van der Waals surface area contributed by atoms with Gasteiger partial charge in [-0.2, -0.15) is 18.4 Å². The lowest BCUT2D eigenvalue weighted by molar-refractivity contribution is -0.137. The van der Waals surface area contributed by atoms with Gasteiger partial charge in [-0.25, -0.2) is 9.78 Å². The number of hydrogen-bond donors (Lipinski definition) is 3. The van der Waals surface area contributed by atoms with Crippen LogP contribution in [0.15, 0.2) is 12.3 Å². The lowest BCUT2D eigenvalue weighted by Crippen LogP contribution is -2.47. The quantitative estimate of drug-likeness (QED) is 0.456. The van der Waals surface area contributed by atoms with Crippen LogP contribution in [0.25, 0.3) is 5.57 Å². The van der Waals surface area contributed by atoms with Crippen molar-refractivity contribution in [2.24, 2.45) is 0 Å². The summed E-state index contributed by atoms with van der Waals surface area (Å²) in [5, 5.41) is 22.8. The maximum Gasteiger partial charge on any atom is 0.417 e. The highest BCUT2D eigenvalue weighted by atomic mass is 19.4. The first-order valence-electron chi connectivity index (χ1n) is 12.3. The van der Waals surface area contributed by atoms with E-state index in [1.54, 1.807) is 36.6 Å². The molecule has 2 aliphatic heterocycles. The molecular weight excluding hydrogens is 503 g/mol. The Morgan fingerprint density at radius 2 is 1.89 bits per heavy atom. The van der Waals surface area contributed by atoms with Crippen LogP contribution in [0.1, 0.15) is 56.9 Å². The van der Waals surface area contributed by atoms with Gasteiger partial charge < -0.3 is 30.6 Å². The summed E-state index contributed by atoms with van der Waals surface area (Å²) in [7, 11) is 0. The Labute approximate surface area is 219 Å². The van der Waals surface area contributed by atoms with Crippen LogP contribution in [0.3, 0.4) is 0 Å². The largest absolute Gasteiger partial charge is 0.444 e. The minimum atomic E-state index is -4.75. The summed E-state index contributed by atoms with van der Waals surface area (Å²) in [5.74, 6) is -0.270. The van der Waals surface area contributed by atoms with Crippen molar-refractivity contribution in [1.29, 1.82) is 10.7 Å². The van der Waals surface area contributed by atoms with Crippen LogP contribution in [0.2, 0.25) is 0 Å². The average Bonchev–Trinajstić information content (AvgIpc) is 2.80. The maximum absolute atomic E-state index is 13.7. The van der Waals surface area contributed by atoms with E-state index in [-0.39, 0.29) is 35.6 Å². The van der Waals surface area contributed by atoms with E-state index in [0.717, 1.165) is 18.7 Å². The predicted octanol–water partition coefficient (Wildman–Crippen LogP) is 3.28.